The van der Waals surface area contributed by atoms with Crippen molar-refractivity contribution in [3.63, 3.8) is 0 Å². The van der Waals surface area contributed by atoms with Crippen molar-refractivity contribution in [2.45, 2.75) is 91.8 Å². The number of hydrogen-bond acceptors (Lipinski definition) is 6. The second-order valence-electron chi connectivity index (χ2n) is 11.7. The second-order valence-corrected chi connectivity index (χ2v) is 11.7. The van der Waals surface area contributed by atoms with Gasteiger partial charge in [0, 0.05) is 25.3 Å². The number of nitrogens with two attached hydrogens (primary N) is 1. The predicted molar refractivity (Wildman–Crippen MR) is 156 cm³/mol. The van der Waals surface area contributed by atoms with Gasteiger partial charge in [-0.2, -0.15) is 0 Å². The Morgan fingerprint density at radius 2 is 1.65 bits per heavy atom. The van der Waals surface area contributed by atoms with Crippen molar-refractivity contribution in [2.75, 3.05) is 13.2 Å². The van der Waals surface area contributed by atoms with E-state index in [2.05, 4.69) is 15.6 Å². The van der Waals surface area contributed by atoms with Gasteiger partial charge in [0.05, 0.1) is 30.0 Å². The fourth-order valence-corrected chi connectivity index (χ4v) is 3.99. The van der Waals surface area contributed by atoms with Crippen LogP contribution in [0.15, 0.2) is 35.3 Å². The van der Waals surface area contributed by atoms with Crippen LogP contribution in [0.4, 0.5) is 0 Å². The quantitative estimate of drug-likeness (QED) is 0.129. The SMILES string of the molecule is CC(N)=NCCC[C@H](C)C(=O)N[C@H](C(=O)C[C@@H](COC(C)(C)C)C(=O)N[C@@H](Cc1ccccc1)C(=O)O)C(C)C. The number of amidine groups is 1. The Labute approximate surface area is 238 Å². The van der Waals surface area contributed by atoms with E-state index in [1.807, 2.05) is 40.7 Å². The number of hydrogen-bond donors (Lipinski definition) is 4. The molecule has 0 heterocycles. The van der Waals surface area contributed by atoms with Gasteiger partial charge >= 0.3 is 5.97 Å². The molecule has 0 aliphatic rings. The third-order valence-electron chi connectivity index (χ3n) is 6.35. The summed E-state index contributed by atoms with van der Waals surface area (Å²) in [5.74, 6) is -3.31. The molecular formula is C30H48N4O6. The first-order valence-electron chi connectivity index (χ1n) is 13.9. The van der Waals surface area contributed by atoms with Crippen molar-refractivity contribution in [3.8, 4) is 0 Å². The van der Waals surface area contributed by atoms with Crippen molar-refractivity contribution in [2.24, 2.45) is 28.5 Å². The minimum Gasteiger partial charge on any atom is -0.480 e. The zero-order valence-corrected chi connectivity index (χ0v) is 25.0. The molecule has 0 aromatic heterocycles. The summed E-state index contributed by atoms with van der Waals surface area (Å²) in [6.07, 6.45) is 1.16. The average molecular weight is 561 g/mol. The zero-order valence-electron chi connectivity index (χ0n) is 25.0. The zero-order chi connectivity index (χ0) is 30.5. The van der Waals surface area contributed by atoms with E-state index in [0.717, 1.165) is 5.56 Å². The van der Waals surface area contributed by atoms with Gasteiger partial charge in [-0.1, -0.05) is 51.1 Å². The maximum absolute atomic E-state index is 13.4. The summed E-state index contributed by atoms with van der Waals surface area (Å²) in [6, 6.07) is 7.02. The minimum atomic E-state index is -1.17. The third-order valence-corrected chi connectivity index (χ3v) is 6.35. The number of benzene rings is 1. The molecule has 1 aromatic rings. The first-order chi connectivity index (χ1) is 18.6. The number of aliphatic carboxylic acids is 1. The lowest BCUT2D eigenvalue weighted by atomic mass is 9.91. The number of carbonyl (C=O) groups excluding carboxylic acids is 3. The third kappa shape index (κ3) is 13.7. The van der Waals surface area contributed by atoms with Gasteiger partial charge in [0.15, 0.2) is 5.78 Å². The van der Waals surface area contributed by atoms with Crippen LogP contribution < -0.4 is 16.4 Å². The lowest BCUT2D eigenvalue weighted by Gasteiger charge is -2.28. The molecule has 2 amide bonds. The number of aliphatic imine (C=N–C) groups is 1. The Kier molecular flexibility index (Phi) is 14.6. The molecule has 10 heteroatoms. The van der Waals surface area contributed by atoms with Crippen LogP contribution in [-0.4, -0.2) is 65.3 Å². The average Bonchev–Trinajstić information content (AvgIpc) is 2.86. The van der Waals surface area contributed by atoms with Crippen molar-refractivity contribution in [1.29, 1.82) is 0 Å². The van der Waals surface area contributed by atoms with Crippen LogP contribution in [0.2, 0.25) is 0 Å². The lowest BCUT2D eigenvalue weighted by molar-refractivity contribution is -0.144. The van der Waals surface area contributed by atoms with Gasteiger partial charge in [0.1, 0.15) is 6.04 Å². The Morgan fingerprint density at radius 3 is 2.17 bits per heavy atom. The Hall–Kier alpha value is -3.27. The molecule has 0 saturated carbocycles. The number of rotatable bonds is 17. The van der Waals surface area contributed by atoms with Crippen LogP contribution in [0.5, 0.6) is 0 Å². The maximum Gasteiger partial charge on any atom is 0.326 e. The minimum absolute atomic E-state index is 0.0744. The number of ketones is 1. The molecule has 0 unspecified atom stereocenters. The molecule has 0 fully saturated rings. The molecule has 0 radical (unpaired) electrons. The van der Waals surface area contributed by atoms with Gasteiger partial charge in [0.2, 0.25) is 11.8 Å². The summed E-state index contributed by atoms with van der Waals surface area (Å²) in [5.41, 5.74) is 5.73. The Bertz CT molecular complexity index is 999. The highest BCUT2D eigenvalue weighted by Crippen LogP contribution is 2.17. The molecule has 5 N–H and O–H groups in total. The molecule has 0 bridgehead atoms. The van der Waals surface area contributed by atoms with Crippen molar-refractivity contribution in [3.05, 3.63) is 35.9 Å². The highest BCUT2D eigenvalue weighted by molar-refractivity contribution is 5.94. The molecule has 1 aromatic carbocycles. The maximum atomic E-state index is 13.4. The lowest BCUT2D eigenvalue weighted by Crippen LogP contribution is -2.50. The number of carbonyl (C=O) groups is 4. The van der Waals surface area contributed by atoms with Gasteiger partial charge < -0.3 is 26.2 Å². The fraction of sp³-hybridized carbons (Fsp3) is 0.633. The topological polar surface area (TPSA) is 160 Å². The molecule has 0 saturated heterocycles. The van der Waals surface area contributed by atoms with E-state index in [-0.39, 0.29) is 43.0 Å². The molecule has 224 valence electrons. The number of nitrogens with one attached hydrogen (secondary N) is 2. The van der Waals surface area contributed by atoms with Gasteiger partial charge in [-0.25, -0.2) is 4.79 Å². The number of Topliss-reactive ketones (excluding diaryl/α,β-unsaturated/α-hetero) is 1. The molecule has 0 aliphatic carbocycles. The van der Waals surface area contributed by atoms with Crippen LogP contribution >= 0.6 is 0 Å². The van der Waals surface area contributed by atoms with Crippen molar-refractivity contribution < 1.29 is 29.0 Å². The van der Waals surface area contributed by atoms with Crippen LogP contribution in [0.25, 0.3) is 0 Å². The van der Waals surface area contributed by atoms with E-state index >= 15 is 0 Å². The standard InChI is InChI=1S/C30H48N4O6/c1-19(2)26(34-27(36)20(3)12-11-15-32-21(4)31)25(35)17-23(18-40-30(5,6)7)28(37)33-24(29(38)39)16-22-13-9-8-10-14-22/h8-10,13-14,19-20,23-24,26H,11-12,15-18H2,1-7H3,(H2,31,32)(H,33,37)(H,34,36)(H,38,39)/t20-,23-,24-,26-/m0/s1. The van der Waals surface area contributed by atoms with E-state index in [0.29, 0.717) is 25.2 Å². The normalized spacial score (nSPS) is 15.2. The van der Waals surface area contributed by atoms with E-state index in [9.17, 15) is 24.3 Å². The largest absolute Gasteiger partial charge is 0.480 e. The first kappa shape index (κ1) is 34.8. The molecule has 10 nitrogen and oxygen atoms in total. The molecule has 0 spiro atoms. The van der Waals surface area contributed by atoms with E-state index in [1.54, 1.807) is 38.1 Å². The summed E-state index contributed by atoms with van der Waals surface area (Å²) in [4.78, 5) is 55.7. The molecular weight excluding hydrogens is 512 g/mol. The van der Waals surface area contributed by atoms with Crippen molar-refractivity contribution in [1.82, 2.24) is 10.6 Å². The molecule has 4 atom stereocenters. The summed E-state index contributed by atoms with van der Waals surface area (Å²) in [6.45, 7) is 13.1. The van der Waals surface area contributed by atoms with Gasteiger partial charge in [-0.3, -0.25) is 19.4 Å². The Morgan fingerprint density at radius 1 is 1.02 bits per heavy atom. The van der Waals surface area contributed by atoms with Crippen LogP contribution in [0.3, 0.4) is 0 Å². The number of nitrogens with zero attached hydrogens (tertiary/aromatic N) is 1. The predicted octanol–water partition coefficient (Wildman–Crippen LogP) is 3.12. The Balaban J connectivity index is 2.98. The van der Waals surface area contributed by atoms with Gasteiger partial charge in [-0.15, -0.1) is 0 Å². The monoisotopic (exact) mass is 560 g/mol. The smallest absolute Gasteiger partial charge is 0.326 e. The highest BCUT2D eigenvalue weighted by atomic mass is 16.5. The second kappa shape index (κ2) is 16.7. The van der Waals surface area contributed by atoms with Crippen LogP contribution in [0.1, 0.15) is 73.3 Å². The van der Waals surface area contributed by atoms with Crippen molar-refractivity contribution >= 4 is 29.4 Å². The van der Waals surface area contributed by atoms with Gasteiger partial charge in [0.25, 0.3) is 0 Å². The summed E-state index contributed by atoms with van der Waals surface area (Å²) in [5, 5.41) is 15.2. The molecule has 0 aliphatic heterocycles. The first-order valence-corrected chi connectivity index (χ1v) is 13.9. The molecule has 40 heavy (non-hydrogen) atoms. The number of amides is 2. The highest BCUT2D eigenvalue weighted by Gasteiger charge is 2.33. The summed E-state index contributed by atoms with van der Waals surface area (Å²) < 4.78 is 5.84. The van der Waals surface area contributed by atoms with Crippen LogP contribution in [0, 0.1) is 17.8 Å². The van der Waals surface area contributed by atoms with Gasteiger partial charge in [-0.05, 0) is 52.0 Å². The van der Waals surface area contributed by atoms with E-state index in [1.165, 1.54) is 0 Å². The fourth-order valence-electron chi connectivity index (χ4n) is 3.99. The summed E-state index contributed by atoms with van der Waals surface area (Å²) >= 11 is 0. The molecule has 1 rings (SSSR count). The number of carboxylic acid groups (broad SMARTS) is 1. The van der Waals surface area contributed by atoms with E-state index in [4.69, 9.17) is 10.5 Å². The van der Waals surface area contributed by atoms with Crippen LogP contribution in [-0.2, 0) is 30.3 Å². The number of carboxylic acids is 1. The summed E-state index contributed by atoms with van der Waals surface area (Å²) in [7, 11) is 0. The number of ether oxygens (including phenoxy) is 1. The van der Waals surface area contributed by atoms with E-state index < -0.39 is 35.5 Å².